The highest BCUT2D eigenvalue weighted by Crippen LogP contribution is 2.37. The SMILES string of the molecule is C=CC(=O)N1CCN(c2cc(OC[C@@H]3CCCN3C)nc3nc(-c4c(O)cccc4F)c(F)cc23)C[C@@H]1CC#N. The third-order valence-corrected chi connectivity index (χ3v) is 7.64. The minimum Gasteiger partial charge on any atom is -0.507 e. The van der Waals surface area contributed by atoms with Gasteiger partial charge < -0.3 is 24.5 Å². The van der Waals surface area contributed by atoms with Crippen LogP contribution < -0.4 is 9.64 Å². The van der Waals surface area contributed by atoms with Crippen LogP contribution in [0, 0.1) is 23.0 Å². The van der Waals surface area contributed by atoms with Crippen LogP contribution >= 0.6 is 0 Å². The highest BCUT2D eigenvalue weighted by molar-refractivity contribution is 5.93. The molecule has 2 fully saturated rings. The van der Waals surface area contributed by atoms with Gasteiger partial charge in [-0.15, -0.1) is 0 Å². The second kappa shape index (κ2) is 11.4. The van der Waals surface area contributed by atoms with Crippen molar-refractivity contribution in [2.75, 3.05) is 44.7 Å². The second-order valence-electron chi connectivity index (χ2n) is 10.1. The monoisotopic (exact) mass is 548 g/mol. The van der Waals surface area contributed by atoms with Crippen LogP contribution in [0.4, 0.5) is 14.5 Å². The first kappa shape index (κ1) is 27.3. The molecule has 2 aromatic heterocycles. The quantitative estimate of drug-likeness (QED) is 0.444. The first-order valence-electron chi connectivity index (χ1n) is 13.2. The summed E-state index contributed by atoms with van der Waals surface area (Å²) in [6.07, 6.45) is 3.41. The topological polar surface area (TPSA) is 106 Å². The van der Waals surface area contributed by atoms with Crippen LogP contribution in [0.15, 0.2) is 43.0 Å². The van der Waals surface area contributed by atoms with Gasteiger partial charge in [0.2, 0.25) is 11.8 Å². The van der Waals surface area contributed by atoms with E-state index in [1.54, 1.807) is 11.0 Å². The van der Waals surface area contributed by atoms with Crippen molar-refractivity contribution in [1.29, 1.82) is 5.26 Å². The van der Waals surface area contributed by atoms with E-state index in [0.717, 1.165) is 25.5 Å². The Kier molecular flexibility index (Phi) is 7.80. The Hall–Kier alpha value is -4.30. The number of amides is 1. The Morgan fingerprint density at radius 2 is 2.05 bits per heavy atom. The average molecular weight is 549 g/mol. The number of likely N-dealkylation sites (tertiary alicyclic amines) is 1. The predicted molar refractivity (Wildman–Crippen MR) is 146 cm³/mol. The van der Waals surface area contributed by atoms with Crippen molar-refractivity contribution in [2.45, 2.75) is 31.3 Å². The molecule has 9 nitrogen and oxygen atoms in total. The van der Waals surface area contributed by atoms with Crippen LogP contribution in [0.25, 0.3) is 22.3 Å². The molecular formula is C29H30F2N6O3. The number of phenols is 1. The number of fused-ring (bicyclic) bond motifs is 1. The van der Waals surface area contributed by atoms with E-state index in [0.29, 0.717) is 37.3 Å². The molecule has 208 valence electrons. The van der Waals surface area contributed by atoms with Gasteiger partial charge in [0.05, 0.1) is 29.8 Å². The number of carbonyl (C=O) groups excluding carboxylic acids is 1. The van der Waals surface area contributed by atoms with Crippen LogP contribution in [0.2, 0.25) is 0 Å². The van der Waals surface area contributed by atoms with Crippen molar-refractivity contribution in [3.63, 3.8) is 0 Å². The zero-order valence-electron chi connectivity index (χ0n) is 22.2. The number of benzene rings is 1. The number of pyridine rings is 2. The van der Waals surface area contributed by atoms with Gasteiger partial charge in [0.15, 0.2) is 11.5 Å². The molecule has 3 aromatic rings. The number of carbonyl (C=O) groups is 1. The standard InChI is InChI=1S/C29H30F2N6O3/c1-3-26(39)37-13-12-36(16-18(37)9-10-32)23-15-25(40-17-19-6-5-11-35(19)2)33-29-20(23)14-22(31)28(34-29)27-21(30)7-4-8-24(27)38/h3-4,7-8,14-15,18-19,38H,1,5-6,9,11-13,16-17H2,2H3/t18-,19-/m0/s1. The van der Waals surface area contributed by atoms with Gasteiger partial charge in [0.1, 0.15) is 23.9 Å². The van der Waals surface area contributed by atoms with Gasteiger partial charge in [-0.05, 0) is 50.7 Å². The maximum Gasteiger partial charge on any atom is 0.246 e. The van der Waals surface area contributed by atoms with E-state index in [4.69, 9.17) is 4.74 Å². The highest BCUT2D eigenvalue weighted by Gasteiger charge is 2.31. The lowest BCUT2D eigenvalue weighted by atomic mass is 10.1. The molecule has 1 amide bonds. The summed E-state index contributed by atoms with van der Waals surface area (Å²) in [5.41, 5.74) is -0.0235. The van der Waals surface area contributed by atoms with Crippen molar-refractivity contribution in [3.8, 4) is 29.0 Å². The van der Waals surface area contributed by atoms with Gasteiger partial charge in [0, 0.05) is 37.1 Å². The minimum absolute atomic E-state index is 0.111. The number of anilines is 1. The van der Waals surface area contributed by atoms with Crippen LogP contribution in [0.3, 0.4) is 0 Å². The number of likely N-dealkylation sites (N-methyl/N-ethyl adjacent to an activating group) is 1. The van der Waals surface area contributed by atoms with E-state index in [1.165, 1.54) is 24.3 Å². The van der Waals surface area contributed by atoms with Crippen LogP contribution in [0.5, 0.6) is 11.6 Å². The number of hydrogen-bond donors (Lipinski definition) is 1. The third kappa shape index (κ3) is 5.27. The fourth-order valence-corrected chi connectivity index (χ4v) is 5.48. The number of phenolic OH excluding ortho intramolecular Hbond substituents is 1. The molecule has 0 unspecified atom stereocenters. The molecule has 11 heteroatoms. The van der Waals surface area contributed by atoms with Gasteiger partial charge in [-0.25, -0.2) is 13.8 Å². The number of nitrogens with zero attached hydrogens (tertiary/aromatic N) is 6. The van der Waals surface area contributed by atoms with Crippen LogP contribution in [0.1, 0.15) is 19.3 Å². The molecule has 4 heterocycles. The molecule has 0 spiro atoms. The van der Waals surface area contributed by atoms with Crippen LogP contribution in [-0.4, -0.2) is 82.7 Å². The smallest absolute Gasteiger partial charge is 0.246 e. The maximum atomic E-state index is 15.5. The van der Waals surface area contributed by atoms with E-state index in [9.17, 15) is 19.6 Å². The van der Waals surface area contributed by atoms with Gasteiger partial charge in [-0.3, -0.25) is 4.79 Å². The van der Waals surface area contributed by atoms with Crippen molar-refractivity contribution in [2.24, 2.45) is 0 Å². The molecule has 2 aliphatic rings. The number of ether oxygens (including phenoxy) is 1. The zero-order chi connectivity index (χ0) is 28.4. The molecular weight excluding hydrogens is 518 g/mol. The highest BCUT2D eigenvalue weighted by atomic mass is 19.1. The molecule has 1 aromatic carbocycles. The van der Waals surface area contributed by atoms with E-state index < -0.39 is 23.4 Å². The van der Waals surface area contributed by atoms with Crippen molar-refractivity contribution >= 4 is 22.6 Å². The van der Waals surface area contributed by atoms with Gasteiger partial charge in [-0.2, -0.15) is 10.2 Å². The number of piperazine rings is 1. The van der Waals surface area contributed by atoms with Gasteiger partial charge >= 0.3 is 0 Å². The molecule has 2 saturated heterocycles. The number of nitriles is 1. The summed E-state index contributed by atoms with van der Waals surface area (Å²) in [5.74, 6) is -2.07. The van der Waals surface area contributed by atoms with Gasteiger partial charge in [-0.1, -0.05) is 12.6 Å². The summed E-state index contributed by atoms with van der Waals surface area (Å²) in [4.78, 5) is 27.1. The summed E-state index contributed by atoms with van der Waals surface area (Å²) in [6, 6.07) is 8.60. The second-order valence-corrected chi connectivity index (χ2v) is 10.1. The Bertz CT molecular complexity index is 1470. The summed E-state index contributed by atoms with van der Waals surface area (Å²) >= 11 is 0. The minimum atomic E-state index is -0.828. The molecule has 1 N–H and O–H groups in total. The van der Waals surface area contributed by atoms with Crippen molar-refractivity contribution in [3.05, 3.63) is 54.6 Å². The zero-order valence-corrected chi connectivity index (χ0v) is 22.2. The molecule has 0 radical (unpaired) electrons. The number of aromatic nitrogens is 2. The van der Waals surface area contributed by atoms with E-state index in [1.807, 2.05) is 11.9 Å². The normalized spacial score (nSPS) is 19.6. The van der Waals surface area contributed by atoms with E-state index in [2.05, 4.69) is 27.5 Å². The Labute approximate surface area is 230 Å². The lowest BCUT2D eigenvalue weighted by Gasteiger charge is -2.41. The molecule has 0 saturated carbocycles. The molecule has 2 atom stereocenters. The lowest BCUT2D eigenvalue weighted by molar-refractivity contribution is -0.128. The van der Waals surface area contributed by atoms with Gasteiger partial charge in [0.25, 0.3) is 0 Å². The molecule has 40 heavy (non-hydrogen) atoms. The van der Waals surface area contributed by atoms with E-state index >= 15 is 4.39 Å². The number of hydrogen-bond acceptors (Lipinski definition) is 8. The number of aromatic hydroxyl groups is 1. The van der Waals surface area contributed by atoms with Crippen molar-refractivity contribution in [1.82, 2.24) is 19.8 Å². The Morgan fingerprint density at radius 1 is 1.23 bits per heavy atom. The summed E-state index contributed by atoms with van der Waals surface area (Å²) in [7, 11) is 2.04. The fraction of sp³-hybridized carbons (Fsp3) is 0.379. The fourth-order valence-electron chi connectivity index (χ4n) is 5.48. The molecule has 0 aliphatic carbocycles. The molecule has 5 rings (SSSR count). The largest absolute Gasteiger partial charge is 0.507 e. The Morgan fingerprint density at radius 3 is 2.75 bits per heavy atom. The maximum absolute atomic E-state index is 15.5. The predicted octanol–water partition coefficient (Wildman–Crippen LogP) is 3.87. The first-order chi connectivity index (χ1) is 19.3. The van der Waals surface area contributed by atoms with Crippen molar-refractivity contribution < 1.29 is 23.4 Å². The molecule has 2 aliphatic heterocycles. The summed E-state index contributed by atoms with van der Waals surface area (Å²) in [6.45, 7) is 6.00. The number of rotatable bonds is 7. The third-order valence-electron chi connectivity index (χ3n) is 7.64. The first-order valence-corrected chi connectivity index (χ1v) is 13.2. The summed E-state index contributed by atoms with van der Waals surface area (Å²) in [5, 5.41) is 20.0. The van der Waals surface area contributed by atoms with E-state index in [-0.39, 0.29) is 41.2 Å². The lowest BCUT2D eigenvalue weighted by Crippen LogP contribution is -2.55. The van der Waals surface area contributed by atoms with Crippen LogP contribution in [-0.2, 0) is 4.79 Å². The number of halogens is 2. The Balaban J connectivity index is 1.58. The molecule has 0 bridgehead atoms. The summed E-state index contributed by atoms with van der Waals surface area (Å²) < 4.78 is 36.2. The average Bonchev–Trinajstić information content (AvgIpc) is 3.36.